The molecule has 2 heterocycles. The summed E-state index contributed by atoms with van der Waals surface area (Å²) in [6, 6.07) is 12.6. The van der Waals surface area contributed by atoms with Gasteiger partial charge in [-0.3, -0.25) is 14.6 Å². The minimum absolute atomic E-state index is 0.0492. The summed E-state index contributed by atoms with van der Waals surface area (Å²) in [6.45, 7) is 3.34. The van der Waals surface area contributed by atoms with Crippen molar-refractivity contribution in [2.45, 2.75) is 38.3 Å². The third kappa shape index (κ3) is 5.16. The van der Waals surface area contributed by atoms with Gasteiger partial charge in [0.25, 0.3) is 5.91 Å². The maximum atomic E-state index is 13.3. The fraction of sp³-hybridized carbons (Fsp3) is 0.409. The molecule has 3 N–H and O–H groups in total. The van der Waals surface area contributed by atoms with E-state index in [1.54, 1.807) is 18.3 Å². The molecule has 0 aliphatic carbocycles. The average Bonchev–Trinajstić information content (AvgIpc) is 2.74. The summed E-state index contributed by atoms with van der Waals surface area (Å²) < 4.78 is 0. The summed E-state index contributed by atoms with van der Waals surface area (Å²) >= 11 is 0. The van der Waals surface area contributed by atoms with Crippen molar-refractivity contribution in [1.29, 1.82) is 0 Å². The fourth-order valence-corrected chi connectivity index (χ4v) is 3.65. The fourth-order valence-electron chi connectivity index (χ4n) is 3.65. The number of nitrogens with zero attached hydrogens (tertiary/aromatic N) is 2. The molecule has 148 valence electrons. The summed E-state index contributed by atoms with van der Waals surface area (Å²) in [6.07, 6.45) is 5.54. The standard InChI is InChI=1S/C22H28N4O2/c1-16(23)19-10-6-12-26(15-19)22(28)20(13-17-7-3-2-4-8-17)25-21(27)18-9-5-11-24-14-18/h2-5,7-9,11,14,16,19-20H,6,10,12-13,15,23H2,1H3,(H,25,27). The number of nitrogens with two attached hydrogens (primary N) is 1. The van der Waals surface area contributed by atoms with E-state index < -0.39 is 6.04 Å². The first-order valence-electron chi connectivity index (χ1n) is 9.84. The highest BCUT2D eigenvalue weighted by atomic mass is 16.2. The monoisotopic (exact) mass is 380 g/mol. The molecule has 3 unspecified atom stereocenters. The molecule has 1 fully saturated rings. The van der Waals surface area contributed by atoms with Gasteiger partial charge in [0.2, 0.25) is 5.91 Å². The molecule has 0 bridgehead atoms. The number of likely N-dealkylation sites (tertiary alicyclic amines) is 1. The van der Waals surface area contributed by atoms with E-state index in [-0.39, 0.29) is 17.9 Å². The second kappa shape index (κ2) is 9.46. The van der Waals surface area contributed by atoms with Crippen molar-refractivity contribution < 1.29 is 9.59 Å². The minimum atomic E-state index is -0.623. The SMILES string of the molecule is CC(N)C1CCCN(C(=O)C(Cc2ccccc2)NC(=O)c2cccnc2)C1. The lowest BCUT2D eigenvalue weighted by atomic mass is 9.91. The highest BCUT2D eigenvalue weighted by Crippen LogP contribution is 2.20. The van der Waals surface area contributed by atoms with Crippen LogP contribution in [-0.4, -0.2) is 46.9 Å². The van der Waals surface area contributed by atoms with E-state index in [2.05, 4.69) is 10.3 Å². The molecule has 2 aromatic rings. The van der Waals surface area contributed by atoms with Gasteiger partial charge in [0.1, 0.15) is 6.04 Å². The molecule has 3 rings (SSSR count). The molecule has 28 heavy (non-hydrogen) atoms. The lowest BCUT2D eigenvalue weighted by molar-refractivity contribution is -0.135. The van der Waals surface area contributed by atoms with E-state index in [1.165, 1.54) is 6.20 Å². The predicted molar refractivity (Wildman–Crippen MR) is 109 cm³/mol. The topological polar surface area (TPSA) is 88.3 Å². The van der Waals surface area contributed by atoms with Gasteiger partial charge in [-0.1, -0.05) is 30.3 Å². The molecule has 1 aliphatic rings. The molecule has 1 aromatic heterocycles. The highest BCUT2D eigenvalue weighted by Gasteiger charge is 2.31. The number of aromatic nitrogens is 1. The second-order valence-corrected chi connectivity index (χ2v) is 7.50. The van der Waals surface area contributed by atoms with Crippen LogP contribution in [0.3, 0.4) is 0 Å². The van der Waals surface area contributed by atoms with Gasteiger partial charge in [-0.25, -0.2) is 0 Å². The van der Waals surface area contributed by atoms with E-state index in [1.807, 2.05) is 42.2 Å². The molecule has 0 spiro atoms. The van der Waals surface area contributed by atoms with Crippen molar-refractivity contribution in [1.82, 2.24) is 15.2 Å². The average molecular weight is 380 g/mol. The second-order valence-electron chi connectivity index (χ2n) is 7.50. The summed E-state index contributed by atoms with van der Waals surface area (Å²) in [5.41, 5.74) is 7.52. The van der Waals surface area contributed by atoms with Gasteiger partial charge in [-0.2, -0.15) is 0 Å². The van der Waals surface area contributed by atoms with Gasteiger partial charge in [-0.15, -0.1) is 0 Å². The van der Waals surface area contributed by atoms with Gasteiger partial charge in [-0.05, 0) is 43.4 Å². The number of pyridine rings is 1. The van der Waals surface area contributed by atoms with Crippen LogP contribution in [0, 0.1) is 5.92 Å². The first kappa shape index (κ1) is 20.0. The molecule has 0 saturated carbocycles. The van der Waals surface area contributed by atoms with Crippen LogP contribution in [0.4, 0.5) is 0 Å². The molecule has 1 aliphatic heterocycles. The van der Waals surface area contributed by atoms with Crippen molar-refractivity contribution in [3.05, 3.63) is 66.0 Å². The van der Waals surface area contributed by atoms with Gasteiger partial charge in [0, 0.05) is 37.9 Å². The molecule has 3 atom stereocenters. The number of amides is 2. The van der Waals surface area contributed by atoms with E-state index >= 15 is 0 Å². The Morgan fingerprint density at radius 2 is 2.04 bits per heavy atom. The number of hydrogen-bond acceptors (Lipinski definition) is 4. The predicted octanol–water partition coefficient (Wildman–Crippen LogP) is 2.01. The minimum Gasteiger partial charge on any atom is -0.341 e. The molecule has 6 nitrogen and oxygen atoms in total. The Morgan fingerprint density at radius 1 is 1.25 bits per heavy atom. The van der Waals surface area contributed by atoms with Crippen molar-refractivity contribution >= 4 is 11.8 Å². The van der Waals surface area contributed by atoms with Gasteiger partial charge in [0.05, 0.1) is 5.56 Å². The zero-order chi connectivity index (χ0) is 19.9. The van der Waals surface area contributed by atoms with Crippen molar-refractivity contribution in [3.8, 4) is 0 Å². The van der Waals surface area contributed by atoms with Gasteiger partial charge >= 0.3 is 0 Å². The van der Waals surface area contributed by atoms with Crippen molar-refractivity contribution in [2.75, 3.05) is 13.1 Å². The number of hydrogen-bond donors (Lipinski definition) is 2. The summed E-state index contributed by atoms with van der Waals surface area (Å²) in [7, 11) is 0. The first-order chi connectivity index (χ1) is 13.5. The number of rotatable bonds is 6. The summed E-state index contributed by atoms with van der Waals surface area (Å²) in [5.74, 6) is -0.0429. The zero-order valence-corrected chi connectivity index (χ0v) is 16.3. The summed E-state index contributed by atoms with van der Waals surface area (Å²) in [4.78, 5) is 31.8. The first-order valence-corrected chi connectivity index (χ1v) is 9.84. The maximum absolute atomic E-state index is 13.3. The number of piperidine rings is 1. The van der Waals surface area contributed by atoms with Crippen LogP contribution in [0.25, 0.3) is 0 Å². The molecule has 1 saturated heterocycles. The van der Waals surface area contributed by atoms with Crippen LogP contribution < -0.4 is 11.1 Å². The number of nitrogens with one attached hydrogen (secondary N) is 1. The van der Waals surface area contributed by atoms with Gasteiger partial charge in [0.15, 0.2) is 0 Å². The lowest BCUT2D eigenvalue weighted by Crippen LogP contribution is -2.53. The van der Waals surface area contributed by atoms with Crippen LogP contribution in [0.5, 0.6) is 0 Å². The quantitative estimate of drug-likeness (QED) is 0.802. The molecular formula is C22H28N4O2. The van der Waals surface area contributed by atoms with Crippen molar-refractivity contribution in [3.63, 3.8) is 0 Å². The Kier molecular flexibility index (Phi) is 6.76. The Hall–Kier alpha value is -2.73. The lowest BCUT2D eigenvalue weighted by Gasteiger charge is -2.36. The molecular weight excluding hydrogens is 352 g/mol. The highest BCUT2D eigenvalue weighted by molar-refractivity contribution is 5.97. The largest absolute Gasteiger partial charge is 0.341 e. The summed E-state index contributed by atoms with van der Waals surface area (Å²) in [5, 5.41) is 2.92. The van der Waals surface area contributed by atoms with Crippen LogP contribution in [0.1, 0.15) is 35.7 Å². The molecule has 6 heteroatoms. The van der Waals surface area contributed by atoms with Crippen molar-refractivity contribution in [2.24, 2.45) is 11.7 Å². The normalized spacial score (nSPS) is 18.9. The number of carbonyl (C=O) groups is 2. The van der Waals surface area contributed by atoms with Crippen LogP contribution in [0.15, 0.2) is 54.9 Å². The van der Waals surface area contributed by atoms with Crippen LogP contribution >= 0.6 is 0 Å². The Bertz CT molecular complexity index is 780. The number of carbonyl (C=O) groups excluding carboxylic acids is 2. The van der Waals surface area contributed by atoms with Crippen LogP contribution in [0.2, 0.25) is 0 Å². The van der Waals surface area contributed by atoms with Crippen LogP contribution in [-0.2, 0) is 11.2 Å². The Balaban J connectivity index is 1.77. The molecule has 2 amide bonds. The zero-order valence-electron chi connectivity index (χ0n) is 16.3. The van der Waals surface area contributed by atoms with E-state index in [4.69, 9.17) is 5.73 Å². The molecule has 1 aromatic carbocycles. The molecule has 0 radical (unpaired) electrons. The smallest absolute Gasteiger partial charge is 0.253 e. The van der Waals surface area contributed by atoms with E-state index in [9.17, 15) is 9.59 Å². The Labute approximate surface area is 166 Å². The van der Waals surface area contributed by atoms with E-state index in [0.29, 0.717) is 31.0 Å². The maximum Gasteiger partial charge on any atom is 0.253 e. The third-order valence-corrected chi connectivity index (χ3v) is 5.32. The van der Waals surface area contributed by atoms with E-state index in [0.717, 1.165) is 18.4 Å². The number of benzene rings is 1. The third-order valence-electron chi connectivity index (χ3n) is 5.32. The Morgan fingerprint density at radius 3 is 2.71 bits per heavy atom. The van der Waals surface area contributed by atoms with Gasteiger partial charge < -0.3 is 16.0 Å².